The van der Waals surface area contributed by atoms with Crippen LogP contribution >= 0.6 is 0 Å². The molecule has 2 aromatic heterocycles. The first-order valence-corrected chi connectivity index (χ1v) is 5.26. The lowest BCUT2D eigenvalue weighted by Gasteiger charge is -1.89. The molecular weight excluding hydrogens is 218 g/mol. The largest absolute Gasteiger partial charge is 0.417 e. The Kier molecular flexibility index (Phi) is 2.38. The minimum atomic E-state index is 0.327. The molecule has 0 bridgehead atoms. The van der Waals surface area contributed by atoms with E-state index in [2.05, 4.69) is 15.2 Å². The molecule has 3 rings (SSSR count). The standard InChI is InChI=1S/C12H11N3O2/c1-16-7-11-14-15-12(17-11)10-6-8-4-2-3-5-9(8)13-10/h2-6,13H,7H2,1H3. The Morgan fingerprint density at radius 3 is 3.00 bits per heavy atom. The monoisotopic (exact) mass is 229 g/mol. The second kappa shape index (κ2) is 4.03. The third kappa shape index (κ3) is 1.81. The number of benzene rings is 1. The van der Waals surface area contributed by atoms with Crippen LogP contribution in [0, 0.1) is 0 Å². The van der Waals surface area contributed by atoms with Crippen molar-refractivity contribution in [2.75, 3.05) is 7.11 Å². The van der Waals surface area contributed by atoms with E-state index in [4.69, 9.17) is 9.15 Å². The molecule has 1 aromatic carbocycles. The molecule has 86 valence electrons. The zero-order valence-electron chi connectivity index (χ0n) is 9.30. The summed E-state index contributed by atoms with van der Waals surface area (Å²) in [6.45, 7) is 0.327. The van der Waals surface area contributed by atoms with Crippen LogP contribution in [0.4, 0.5) is 0 Å². The summed E-state index contributed by atoms with van der Waals surface area (Å²) >= 11 is 0. The lowest BCUT2D eigenvalue weighted by atomic mass is 10.2. The number of ether oxygens (including phenoxy) is 1. The Balaban J connectivity index is 2.01. The third-order valence-corrected chi connectivity index (χ3v) is 2.50. The summed E-state index contributed by atoms with van der Waals surface area (Å²) in [7, 11) is 1.59. The second-order valence-corrected chi connectivity index (χ2v) is 3.70. The van der Waals surface area contributed by atoms with Crippen LogP contribution in [0.1, 0.15) is 5.89 Å². The summed E-state index contributed by atoms with van der Waals surface area (Å²) in [5.41, 5.74) is 1.87. The van der Waals surface area contributed by atoms with Crippen molar-refractivity contribution in [2.45, 2.75) is 6.61 Å². The number of aromatic amines is 1. The molecule has 0 saturated carbocycles. The van der Waals surface area contributed by atoms with E-state index in [0.29, 0.717) is 18.4 Å². The van der Waals surface area contributed by atoms with E-state index in [1.54, 1.807) is 7.11 Å². The lowest BCUT2D eigenvalue weighted by molar-refractivity contribution is 0.160. The van der Waals surface area contributed by atoms with Crippen LogP contribution in [0.3, 0.4) is 0 Å². The van der Waals surface area contributed by atoms with Gasteiger partial charge in [-0.2, -0.15) is 0 Å². The molecule has 0 radical (unpaired) electrons. The molecule has 1 N–H and O–H groups in total. The summed E-state index contributed by atoms with van der Waals surface area (Å²) < 4.78 is 10.4. The highest BCUT2D eigenvalue weighted by Gasteiger charge is 2.10. The van der Waals surface area contributed by atoms with Crippen LogP contribution in [0.25, 0.3) is 22.5 Å². The molecule has 2 heterocycles. The molecule has 0 atom stereocenters. The van der Waals surface area contributed by atoms with Crippen molar-refractivity contribution >= 4 is 10.9 Å². The molecule has 0 aliphatic heterocycles. The lowest BCUT2D eigenvalue weighted by Crippen LogP contribution is -1.85. The van der Waals surface area contributed by atoms with Gasteiger partial charge in [0.15, 0.2) is 0 Å². The molecule has 0 amide bonds. The summed E-state index contributed by atoms with van der Waals surface area (Å²) in [5.74, 6) is 0.953. The van der Waals surface area contributed by atoms with Gasteiger partial charge in [0.05, 0.1) is 0 Å². The first kappa shape index (κ1) is 10.0. The second-order valence-electron chi connectivity index (χ2n) is 3.70. The summed E-state index contributed by atoms with van der Waals surface area (Å²) in [5, 5.41) is 8.98. The summed E-state index contributed by atoms with van der Waals surface area (Å²) in [6.07, 6.45) is 0. The van der Waals surface area contributed by atoms with E-state index < -0.39 is 0 Å². The smallest absolute Gasteiger partial charge is 0.264 e. The average molecular weight is 229 g/mol. The van der Waals surface area contributed by atoms with Gasteiger partial charge in [0.25, 0.3) is 5.89 Å². The fraction of sp³-hybridized carbons (Fsp3) is 0.167. The van der Waals surface area contributed by atoms with Gasteiger partial charge < -0.3 is 14.1 Å². The van der Waals surface area contributed by atoms with Crippen molar-refractivity contribution in [2.24, 2.45) is 0 Å². The average Bonchev–Trinajstić information content (AvgIpc) is 2.94. The number of para-hydroxylation sites is 1. The highest BCUT2D eigenvalue weighted by molar-refractivity contribution is 5.84. The number of methoxy groups -OCH3 is 1. The molecule has 0 aliphatic carbocycles. The number of nitrogens with zero attached hydrogens (tertiary/aromatic N) is 2. The van der Waals surface area contributed by atoms with Crippen molar-refractivity contribution in [3.05, 3.63) is 36.2 Å². The van der Waals surface area contributed by atoms with Crippen molar-refractivity contribution in [3.8, 4) is 11.6 Å². The molecule has 5 nitrogen and oxygen atoms in total. The highest BCUT2D eigenvalue weighted by atomic mass is 16.5. The molecule has 0 aliphatic rings. The minimum Gasteiger partial charge on any atom is -0.417 e. The zero-order valence-corrected chi connectivity index (χ0v) is 9.30. The molecule has 0 saturated heterocycles. The van der Waals surface area contributed by atoms with Gasteiger partial charge in [0.1, 0.15) is 12.3 Å². The van der Waals surface area contributed by atoms with Gasteiger partial charge in [-0.1, -0.05) is 18.2 Å². The summed E-state index contributed by atoms with van der Waals surface area (Å²) in [4.78, 5) is 3.23. The number of nitrogens with one attached hydrogen (secondary N) is 1. The van der Waals surface area contributed by atoms with Gasteiger partial charge in [-0.05, 0) is 12.1 Å². The molecule has 0 fully saturated rings. The Morgan fingerprint density at radius 1 is 1.29 bits per heavy atom. The number of rotatable bonds is 3. The fourth-order valence-corrected chi connectivity index (χ4v) is 1.73. The molecule has 17 heavy (non-hydrogen) atoms. The van der Waals surface area contributed by atoms with Crippen LogP contribution in [-0.4, -0.2) is 22.3 Å². The van der Waals surface area contributed by atoms with Crippen LogP contribution in [0.5, 0.6) is 0 Å². The highest BCUT2D eigenvalue weighted by Crippen LogP contribution is 2.22. The molecule has 0 unspecified atom stereocenters. The molecular formula is C12H11N3O2. The number of hydrogen-bond acceptors (Lipinski definition) is 4. The van der Waals surface area contributed by atoms with Gasteiger partial charge >= 0.3 is 0 Å². The maximum absolute atomic E-state index is 5.46. The van der Waals surface area contributed by atoms with Gasteiger partial charge in [-0.3, -0.25) is 0 Å². The predicted molar refractivity (Wildman–Crippen MR) is 62.3 cm³/mol. The van der Waals surface area contributed by atoms with Gasteiger partial charge in [-0.15, -0.1) is 10.2 Å². The van der Waals surface area contributed by atoms with Gasteiger partial charge in [0, 0.05) is 18.0 Å². The molecule has 5 heteroatoms. The fourth-order valence-electron chi connectivity index (χ4n) is 1.73. The van der Waals surface area contributed by atoms with Crippen LogP contribution in [0.2, 0.25) is 0 Å². The van der Waals surface area contributed by atoms with E-state index in [9.17, 15) is 0 Å². The number of aromatic nitrogens is 3. The Morgan fingerprint density at radius 2 is 2.18 bits per heavy atom. The van der Waals surface area contributed by atoms with Crippen LogP contribution < -0.4 is 0 Å². The van der Waals surface area contributed by atoms with Crippen molar-refractivity contribution < 1.29 is 9.15 Å². The van der Waals surface area contributed by atoms with E-state index in [1.807, 2.05) is 30.3 Å². The number of H-pyrrole nitrogens is 1. The van der Waals surface area contributed by atoms with Crippen LogP contribution in [0.15, 0.2) is 34.7 Å². The van der Waals surface area contributed by atoms with E-state index in [0.717, 1.165) is 16.6 Å². The Labute approximate surface area is 97.4 Å². The van der Waals surface area contributed by atoms with E-state index in [-0.39, 0.29) is 0 Å². The Hall–Kier alpha value is -2.14. The quantitative estimate of drug-likeness (QED) is 0.748. The first-order chi connectivity index (χ1) is 8.36. The topological polar surface area (TPSA) is 63.9 Å². The Bertz CT molecular complexity index is 609. The van der Waals surface area contributed by atoms with Crippen molar-refractivity contribution in [3.63, 3.8) is 0 Å². The van der Waals surface area contributed by atoms with E-state index in [1.165, 1.54) is 0 Å². The van der Waals surface area contributed by atoms with Gasteiger partial charge in [0.2, 0.25) is 5.89 Å². The predicted octanol–water partition coefficient (Wildman–Crippen LogP) is 2.36. The number of fused-ring (bicyclic) bond motifs is 1. The van der Waals surface area contributed by atoms with E-state index >= 15 is 0 Å². The maximum atomic E-state index is 5.46. The third-order valence-electron chi connectivity index (χ3n) is 2.50. The SMILES string of the molecule is COCc1nnc(-c2cc3ccccc3[nH]2)o1. The zero-order chi connectivity index (χ0) is 11.7. The maximum Gasteiger partial charge on any atom is 0.264 e. The summed E-state index contributed by atoms with van der Waals surface area (Å²) in [6, 6.07) is 9.99. The normalized spacial score (nSPS) is 11.1. The first-order valence-electron chi connectivity index (χ1n) is 5.26. The number of hydrogen-bond donors (Lipinski definition) is 1. The molecule has 3 aromatic rings. The minimum absolute atomic E-state index is 0.327. The molecule has 0 spiro atoms. The van der Waals surface area contributed by atoms with Crippen LogP contribution in [-0.2, 0) is 11.3 Å². The van der Waals surface area contributed by atoms with Crippen molar-refractivity contribution in [1.82, 2.24) is 15.2 Å². The van der Waals surface area contributed by atoms with Crippen molar-refractivity contribution in [1.29, 1.82) is 0 Å². The van der Waals surface area contributed by atoms with Gasteiger partial charge in [-0.25, -0.2) is 0 Å².